The van der Waals surface area contributed by atoms with Crippen molar-refractivity contribution in [3.8, 4) is 0 Å². The van der Waals surface area contributed by atoms with Crippen LogP contribution in [0.4, 0.5) is 16.2 Å². The third kappa shape index (κ3) is 3.21. The van der Waals surface area contributed by atoms with Crippen molar-refractivity contribution in [1.29, 1.82) is 0 Å². The summed E-state index contributed by atoms with van der Waals surface area (Å²) in [5, 5.41) is 13.5. The molecule has 6 heteroatoms. The van der Waals surface area contributed by atoms with Gasteiger partial charge in [-0.05, 0) is 37.8 Å². The van der Waals surface area contributed by atoms with Crippen LogP contribution in [0.5, 0.6) is 0 Å². The maximum atomic E-state index is 12.0. The van der Waals surface area contributed by atoms with E-state index in [0.717, 1.165) is 25.9 Å². The Hall–Kier alpha value is -2.11. The van der Waals surface area contributed by atoms with Crippen LogP contribution in [-0.2, 0) is 0 Å². The van der Waals surface area contributed by atoms with Crippen LogP contribution in [0.15, 0.2) is 18.2 Å². The number of anilines is 1. The number of aryl methyl sites for hydroxylation is 1. The maximum Gasteiger partial charge on any atom is 0.321 e. The Kier molecular flexibility index (Phi) is 3.99. The fourth-order valence-electron chi connectivity index (χ4n) is 2.19. The molecular formula is C13H17N3O3. The van der Waals surface area contributed by atoms with Crippen molar-refractivity contribution in [2.45, 2.75) is 26.2 Å². The summed E-state index contributed by atoms with van der Waals surface area (Å²) in [4.78, 5) is 24.0. The fourth-order valence-corrected chi connectivity index (χ4v) is 2.19. The van der Waals surface area contributed by atoms with Crippen molar-refractivity contribution in [3.63, 3.8) is 0 Å². The molecule has 1 aliphatic rings. The Balaban J connectivity index is 2.06. The smallest absolute Gasteiger partial charge is 0.321 e. The van der Waals surface area contributed by atoms with E-state index in [0.29, 0.717) is 11.3 Å². The third-order valence-corrected chi connectivity index (χ3v) is 3.31. The number of hydrogen-bond acceptors (Lipinski definition) is 3. The lowest BCUT2D eigenvalue weighted by atomic mass is 10.1. The summed E-state index contributed by atoms with van der Waals surface area (Å²) in [7, 11) is 0. The van der Waals surface area contributed by atoms with Crippen LogP contribution in [0, 0.1) is 17.0 Å². The zero-order valence-electron chi connectivity index (χ0n) is 10.9. The Morgan fingerprint density at radius 2 is 2.00 bits per heavy atom. The molecule has 0 unspecified atom stereocenters. The molecule has 19 heavy (non-hydrogen) atoms. The highest BCUT2D eigenvalue weighted by atomic mass is 16.6. The summed E-state index contributed by atoms with van der Waals surface area (Å²) in [5.41, 5.74) is 1.36. The minimum atomic E-state index is -0.441. The number of carbonyl (C=O) groups is 1. The minimum Gasteiger partial charge on any atom is -0.325 e. The normalized spacial score (nSPS) is 15.1. The highest BCUT2D eigenvalue weighted by Crippen LogP contribution is 2.22. The molecule has 1 N–H and O–H groups in total. The van der Waals surface area contributed by atoms with Crippen molar-refractivity contribution in [3.05, 3.63) is 33.9 Å². The number of urea groups is 1. The Bertz CT molecular complexity index is 496. The lowest BCUT2D eigenvalue weighted by Crippen LogP contribution is -2.38. The molecule has 1 fully saturated rings. The van der Waals surface area contributed by atoms with Crippen LogP contribution >= 0.6 is 0 Å². The number of carbonyl (C=O) groups excluding carboxylic acids is 1. The predicted molar refractivity (Wildman–Crippen MR) is 72.3 cm³/mol. The van der Waals surface area contributed by atoms with Gasteiger partial charge >= 0.3 is 6.03 Å². The second kappa shape index (κ2) is 5.69. The van der Waals surface area contributed by atoms with Crippen LogP contribution in [0.1, 0.15) is 24.8 Å². The molecule has 0 aliphatic carbocycles. The molecule has 1 aromatic rings. The van der Waals surface area contributed by atoms with Gasteiger partial charge in [0.1, 0.15) is 0 Å². The first kappa shape index (κ1) is 13.3. The van der Waals surface area contributed by atoms with Crippen LogP contribution < -0.4 is 5.32 Å². The van der Waals surface area contributed by atoms with E-state index in [4.69, 9.17) is 0 Å². The molecular weight excluding hydrogens is 246 g/mol. The molecule has 102 valence electrons. The van der Waals surface area contributed by atoms with E-state index in [9.17, 15) is 14.9 Å². The van der Waals surface area contributed by atoms with Crippen molar-refractivity contribution in [1.82, 2.24) is 4.90 Å². The van der Waals surface area contributed by atoms with Gasteiger partial charge in [0.25, 0.3) is 5.69 Å². The van der Waals surface area contributed by atoms with Gasteiger partial charge < -0.3 is 10.2 Å². The Labute approximate surface area is 111 Å². The minimum absolute atomic E-state index is 0.0356. The average Bonchev–Trinajstić information content (AvgIpc) is 2.41. The van der Waals surface area contributed by atoms with E-state index in [-0.39, 0.29) is 11.7 Å². The van der Waals surface area contributed by atoms with Gasteiger partial charge in [-0.2, -0.15) is 0 Å². The fraction of sp³-hybridized carbons (Fsp3) is 0.462. The first-order valence-corrected chi connectivity index (χ1v) is 6.39. The Morgan fingerprint density at radius 1 is 1.32 bits per heavy atom. The largest absolute Gasteiger partial charge is 0.325 e. The summed E-state index contributed by atoms with van der Waals surface area (Å²) in [6.07, 6.45) is 3.24. The topological polar surface area (TPSA) is 75.5 Å². The molecule has 1 aliphatic heterocycles. The molecule has 1 saturated heterocycles. The highest BCUT2D eigenvalue weighted by molar-refractivity contribution is 5.90. The second-order valence-corrected chi connectivity index (χ2v) is 4.73. The van der Waals surface area contributed by atoms with Gasteiger partial charge in [-0.15, -0.1) is 0 Å². The molecule has 0 radical (unpaired) electrons. The van der Waals surface area contributed by atoms with Gasteiger partial charge in [0, 0.05) is 30.9 Å². The zero-order valence-corrected chi connectivity index (χ0v) is 10.9. The number of nitro groups is 1. The number of benzene rings is 1. The van der Waals surface area contributed by atoms with E-state index < -0.39 is 4.92 Å². The van der Waals surface area contributed by atoms with E-state index in [1.54, 1.807) is 17.9 Å². The van der Waals surface area contributed by atoms with Crippen molar-refractivity contribution < 1.29 is 9.72 Å². The summed E-state index contributed by atoms with van der Waals surface area (Å²) < 4.78 is 0. The van der Waals surface area contributed by atoms with Gasteiger partial charge in [-0.3, -0.25) is 10.1 Å². The molecule has 6 nitrogen and oxygen atoms in total. The first-order chi connectivity index (χ1) is 9.08. The molecule has 0 spiro atoms. The molecule has 0 atom stereocenters. The van der Waals surface area contributed by atoms with Crippen LogP contribution in [0.2, 0.25) is 0 Å². The summed E-state index contributed by atoms with van der Waals surface area (Å²) in [5.74, 6) is 0. The summed E-state index contributed by atoms with van der Waals surface area (Å²) in [6, 6.07) is 4.32. The number of rotatable bonds is 2. The lowest BCUT2D eigenvalue weighted by Gasteiger charge is -2.27. The van der Waals surface area contributed by atoms with Gasteiger partial charge in [0.05, 0.1) is 4.92 Å². The number of nitro benzene ring substituents is 1. The summed E-state index contributed by atoms with van der Waals surface area (Å²) in [6.45, 7) is 3.30. The molecule has 1 aromatic carbocycles. The monoisotopic (exact) mass is 263 g/mol. The van der Waals surface area contributed by atoms with E-state index in [2.05, 4.69) is 5.32 Å². The molecule has 0 aromatic heterocycles. The van der Waals surface area contributed by atoms with Crippen molar-refractivity contribution >= 4 is 17.4 Å². The Morgan fingerprint density at radius 3 is 2.58 bits per heavy atom. The van der Waals surface area contributed by atoms with E-state index in [1.165, 1.54) is 18.6 Å². The van der Waals surface area contributed by atoms with Crippen molar-refractivity contribution in [2.75, 3.05) is 18.4 Å². The lowest BCUT2D eigenvalue weighted by molar-refractivity contribution is -0.384. The molecule has 2 amide bonds. The first-order valence-electron chi connectivity index (χ1n) is 6.39. The predicted octanol–water partition coefficient (Wildman–Crippen LogP) is 2.92. The number of hydrogen-bond donors (Lipinski definition) is 1. The third-order valence-electron chi connectivity index (χ3n) is 3.31. The van der Waals surface area contributed by atoms with Gasteiger partial charge in [-0.25, -0.2) is 4.79 Å². The van der Waals surface area contributed by atoms with Crippen LogP contribution in [-0.4, -0.2) is 28.9 Å². The standard InChI is InChI=1S/C13H17N3O3/c1-10-9-11(16(18)19)5-6-12(10)14-13(17)15-7-3-2-4-8-15/h5-6,9H,2-4,7-8H2,1H3,(H,14,17). The second-order valence-electron chi connectivity index (χ2n) is 4.73. The number of piperidine rings is 1. The van der Waals surface area contributed by atoms with Crippen LogP contribution in [0.25, 0.3) is 0 Å². The number of amides is 2. The van der Waals surface area contributed by atoms with Crippen LogP contribution in [0.3, 0.4) is 0 Å². The number of non-ortho nitro benzene ring substituents is 1. The average molecular weight is 263 g/mol. The maximum absolute atomic E-state index is 12.0. The molecule has 2 rings (SSSR count). The van der Waals surface area contributed by atoms with Gasteiger partial charge in [0.15, 0.2) is 0 Å². The highest BCUT2D eigenvalue weighted by Gasteiger charge is 2.17. The number of nitrogens with zero attached hydrogens (tertiary/aromatic N) is 2. The SMILES string of the molecule is Cc1cc([N+](=O)[O-])ccc1NC(=O)N1CCCCC1. The summed E-state index contributed by atoms with van der Waals surface area (Å²) >= 11 is 0. The quantitative estimate of drug-likeness (QED) is 0.658. The zero-order chi connectivity index (χ0) is 13.8. The molecule has 0 bridgehead atoms. The number of likely N-dealkylation sites (tertiary alicyclic amines) is 1. The van der Waals surface area contributed by atoms with E-state index >= 15 is 0 Å². The molecule has 0 saturated carbocycles. The van der Waals surface area contributed by atoms with Gasteiger partial charge in [-0.1, -0.05) is 0 Å². The number of nitrogens with one attached hydrogen (secondary N) is 1. The van der Waals surface area contributed by atoms with Crippen molar-refractivity contribution in [2.24, 2.45) is 0 Å². The molecule has 1 heterocycles. The van der Waals surface area contributed by atoms with Gasteiger partial charge in [0.2, 0.25) is 0 Å². The van der Waals surface area contributed by atoms with E-state index in [1.807, 2.05) is 0 Å².